The maximum atomic E-state index is 11.0. The van der Waals surface area contributed by atoms with Crippen LogP contribution in [0.2, 0.25) is 0 Å². The van der Waals surface area contributed by atoms with Gasteiger partial charge < -0.3 is 14.6 Å². The van der Waals surface area contributed by atoms with Crippen LogP contribution in [0.25, 0.3) is 0 Å². The molecule has 128 valence electrons. The summed E-state index contributed by atoms with van der Waals surface area (Å²) in [6.45, 7) is -8.59. The number of nitrogens with zero attached hydrogens (tertiary/aromatic N) is 1. The van der Waals surface area contributed by atoms with Crippen LogP contribution in [-0.2, 0) is 6.37 Å². The molecule has 1 N–H and O–H groups in total. The molecule has 4 heteroatoms. The molecule has 23 heavy (non-hydrogen) atoms. The topological polar surface area (TPSA) is 41.9 Å². The van der Waals surface area contributed by atoms with Gasteiger partial charge in [0.2, 0.25) is 0 Å². The second-order valence-electron chi connectivity index (χ2n) is 5.60. The first-order valence-electron chi connectivity index (χ1n) is 13.4. The Labute approximate surface area is 156 Å². The lowest BCUT2D eigenvalue weighted by Gasteiger charge is -2.46. The summed E-state index contributed by atoms with van der Waals surface area (Å²) in [5.74, 6) is -4.78. The van der Waals surface area contributed by atoms with E-state index in [-0.39, 0.29) is 22.6 Å². The monoisotopic (exact) mass is 331 g/mol. The first-order chi connectivity index (χ1) is 15.6. The Morgan fingerprint density at radius 3 is 2.91 bits per heavy atom. The summed E-state index contributed by atoms with van der Waals surface area (Å²) < 4.78 is 111. The Bertz CT molecular complexity index is 994. The highest BCUT2D eigenvalue weighted by molar-refractivity contribution is 5.49. The van der Waals surface area contributed by atoms with Crippen LogP contribution in [0, 0.1) is 11.8 Å². The molecule has 1 fully saturated rings. The van der Waals surface area contributed by atoms with Gasteiger partial charge in [-0.3, -0.25) is 4.90 Å². The van der Waals surface area contributed by atoms with Gasteiger partial charge in [0.1, 0.15) is 0 Å². The van der Waals surface area contributed by atoms with E-state index in [1.807, 2.05) is 0 Å². The van der Waals surface area contributed by atoms with Crippen molar-refractivity contribution in [3.63, 3.8) is 0 Å². The van der Waals surface area contributed by atoms with Gasteiger partial charge >= 0.3 is 0 Å². The van der Waals surface area contributed by atoms with Crippen molar-refractivity contribution in [3.05, 3.63) is 23.3 Å². The molecule has 2 aliphatic rings. The Kier molecular flexibility index (Phi) is 2.13. The fraction of sp³-hybridized carbons (Fsp3) is 0.684. The van der Waals surface area contributed by atoms with Gasteiger partial charge in [-0.05, 0) is 54.2 Å². The van der Waals surface area contributed by atoms with Gasteiger partial charge in [-0.15, -0.1) is 0 Å². The van der Waals surface area contributed by atoms with E-state index in [9.17, 15) is 5.11 Å². The number of methoxy groups -OCH3 is 2. The molecule has 2 aliphatic heterocycles. The fourth-order valence-corrected chi connectivity index (χ4v) is 2.93. The first-order valence-corrected chi connectivity index (χ1v) is 7.36. The van der Waals surface area contributed by atoms with Crippen LogP contribution in [0.4, 0.5) is 0 Å². The molecular weight excluding hydrogens is 290 g/mol. The van der Waals surface area contributed by atoms with Crippen LogP contribution in [-0.4, -0.2) is 43.3 Å². The third kappa shape index (κ3) is 3.20. The van der Waals surface area contributed by atoms with Crippen LogP contribution in [0.1, 0.15) is 60.2 Å². The van der Waals surface area contributed by atoms with Crippen molar-refractivity contribution in [2.75, 3.05) is 27.2 Å². The second-order valence-corrected chi connectivity index (χ2v) is 5.60. The maximum absolute atomic E-state index is 11.0. The molecule has 0 amide bonds. The number of fused-ring (bicyclic) bond motifs is 3. The van der Waals surface area contributed by atoms with Crippen LogP contribution < -0.4 is 9.47 Å². The van der Waals surface area contributed by atoms with Gasteiger partial charge in [0.15, 0.2) is 11.5 Å². The minimum Gasteiger partial charge on any atom is -0.493 e. The molecule has 4 unspecified atom stereocenters. The fourth-order valence-electron chi connectivity index (χ4n) is 2.93. The van der Waals surface area contributed by atoms with Crippen LogP contribution in [0.5, 0.6) is 11.5 Å². The van der Waals surface area contributed by atoms with Crippen molar-refractivity contribution >= 4 is 0 Å². The number of piperidine rings is 1. The predicted molar refractivity (Wildman–Crippen MR) is 91.1 cm³/mol. The van der Waals surface area contributed by atoms with Crippen molar-refractivity contribution in [2.24, 2.45) is 11.8 Å². The van der Waals surface area contributed by atoms with Crippen molar-refractivity contribution < 1.29 is 31.0 Å². The van der Waals surface area contributed by atoms with E-state index in [1.165, 1.54) is 26.4 Å². The smallest absolute Gasteiger partial charge is 0.161 e. The number of hydrogen-bond donors (Lipinski definition) is 1. The van der Waals surface area contributed by atoms with Crippen LogP contribution in [0.15, 0.2) is 12.1 Å². The average molecular weight is 332 g/mol. The molecule has 1 saturated heterocycles. The molecule has 1 aromatic carbocycles. The first kappa shape index (κ1) is 7.32. The zero-order valence-electron chi connectivity index (χ0n) is 25.3. The highest BCUT2D eigenvalue weighted by atomic mass is 16.5. The van der Waals surface area contributed by atoms with Crippen LogP contribution in [0.3, 0.4) is 0 Å². The minimum absolute atomic E-state index is 0.120. The Hall–Kier alpha value is -1.26. The predicted octanol–water partition coefficient (Wildman–Crippen LogP) is 3.03. The lowest BCUT2D eigenvalue weighted by atomic mass is 9.79. The summed E-state index contributed by atoms with van der Waals surface area (Å²) in [5.41, 5.74) is -0.0205. The molecule has 0 bridgehead atoms. The molecule has 3 rings (SSSR count). The van der Waals surface area contributed by atoms with Crippen molar-refractivity contribution in [1.82, 2.24) is 4.90 Å². The van der Waals surface area contributed by atoms with Gasteiger partial charge in [-0.2, -0.15) is 0 Å². The number of rotatable bonds is 4. The van der Waals surface area contributed by atoms with Gasteiger partial charge in [0.25, 0.3) is 0 Å². The van der Waals surface area contributed by atoms with Gasteiger partial charge in [0, 0.05) is 35.5 Å². The van der Waals surface area contributed by atoms with E-state index < -0.39 is 63.0 Å². The van der Waals surface area contributed by atoms with Crippen molar-refractivity contribution in [1.29, 1.82) is 0 Å². The zero-order chi connectivity index (χ0) is 27.2. The lowest BCUT2D eigenvalue weighted by molar-refractivity contribution is -0.0191. The van der Waals surface area contributed by atoms with Gasteiger partial charge in [-0.25, -0.2) is 0 Å². The van der Waals surface area contributed by atoms with Crippen molar-refractivity contribution in [2.45, 2.75) is 45.1 Å². The second kappa shape index (κ2) is 6.70. The van der Waals surface area contributed by atoms with E-state index in [0.29, 0.717) is 4.90 Å². The van der Waals surface area contributed by atoms with Crippen LogP contribution >= 0.6 is 0 Å². The SMILES string of the molecule is [2H]C1([2H])C(C([2H])([2H])C([2H])(C)C([2H])([2H])[2H])C(O)CC2c3cc(OC)c(OC)cc3C([2H])([2H])C([2H])([2H])N21. The number of ether oxygens (including phenoxy) is 2. The maximum Gasteiger partial charge on any atom is 0.161 e. The summed E-state index contributed by atoms with van der Waals surface area (Å²) in [6, 6.07) is 1.37. The average Bonchev–Trinajstić information content (AvgIpc) is 2.68. The quantitative estimate of drug-likeness (QED) is 0.921. The summed E-state index contributed by atoms with van der Waals surface area (Å²) in [7, 11) is 2.66. The van der Waals surface area contributed by atoms with E-state index in [1.54, 1.807) is 0 Å². The molecule has 2 heterocycles. The number of hydrogen-bond acceptors (Lipinski definition) is 4. The Morgan fingerprint density at radius 1 is 1.48 bits per heavy atom. The summed E-state index contributed by atoms with van der Waals surface area (Å²) >= 11 is 0. The molecule has 4 atom stereocenters. The molecule has 0 aliphatic carbocycles. The third-order valence-electron chi connectivity index (χ3n) is 4.04. The van der Waals surface area contributed by atoms with Gasteiger partial charge in [-0.1, -0.05) is 13.8 Å². The molecule has 0 radical (unpaired) electrons. The third-order valence-corrected chi connectivity index (χ3v) is 4.04. The highest BCUT2D eigenvalue weighted by Crippen LogP contribution is 2.43. The molecular formula is C19H29NO3. The Balaban J connectivity index is 2.28. The largest absolute Gasteiger partial charge is 0.493 e. The molecule has 0 spiro atoms. The standard InChI is InChI=1S/C19H29NO3/c1-12(2)7-14-11-20-6-5-13-8-18(22-3)19(23-4)9-15(13)16(20)10-17(14)21/h8-9,12,14,16-17,21H,5-7,10-11H2,1-4H3/i1D3,5D2,6D2,7D2,11D2,12D. The normalized spacial score (nSPS) is 45.5. The van der Waals surface area contributed by atoms with Crippen molar-refractivity contribution in [3.8, 4) is 11.5 Å². The highest BCUT2D eigenvalue weighted by Gasteiger charge is 2.38. The number of aryl methyl sites for hydroxylation is 1. The summed E-state index contributed by atoms with van der Waals surface area (Å²) in [5, 5.41) is 11.0. The van der Waals surface area contributed by atoms with E-state index in [0.717, 1.165) is 6.92 Å². The minimum atomic E-state index is -3.20. The van der Waals surface area contributed by atoms with E-state index in [2.05, 4.69) is 0 Å². The molecule has 1 aromatic rings. The summed E-state index contributed by atoms with van der Waals surface area (Å²) in [6.07, 6.45) is -8.28. The number of aliphatic hydroxyl groups is 1. The van der Waals surface area contributed by atoms with Gasteiger partial charge in [0.05, 0.1) is 20.3 Å². The molecule has 0 aromatic heterocycles. The number of benzene rings is 1. The molecule has 0 saturated carbocycles. The van der Waals surface area contributed by atoms with E-state index in [4.69, 9.17) is 25.9 Å². The molecule has 4 nitrogen and oxygen atoms in total. The van der Waals surface area contributed by atoms with E-state index >= 15 is 0 Å². The summed E-state index contributed by atoms with van der Waals surface area (Å²) in [4.78, 5) is 0.527. The zero-order valence-corrected chi connectivity index (χ0v) is 13.3. The number of aliphatic hydroxyl groups excluding tert-OH is 1. The lowest BCUT2D eigenvalue weighted by Crippen LogP contribution is -2.48. The Morgan fingerprint density at radius 2 is 2.22 bits per heavy atom.